The molecule has 0 aliphatic carbocycles. The van der Waals surface area contributed by atoms with E-state index >= 15 is 0 Å². The number of hydrogen-bond acceptors (Lipinski definition) is 3. The summed E-state index contributed by atoms with van der Waals surface area (Å²) in [5.74, 6) is 0.538. The molecule has 19 heavy (non-hydrogen) atoms. The molecule has 0 fully saturated rings. The van der Waals surface area contributed by atoms with Crippen LogP contribution in [0.25, 0.3) is 0 Å². The highest BCUT2D eigenvalue weighted by Gasteiger charge is 2.30. The Labute approximate surface area is 123 Å². The van der Waals surface area contributed by atoms with Gasteiger partial charge in [0.25, 0.3) is 0 Å². The quantitative estimate of drug-likeness (QED) is 0.872. The Kier molecular flexibility index (Phi) is 3.60. The Morgan fingerprint density at radius 1 is 1.42 bits per heavy atom. The van der Waals surface area contributed by atoms with Crippen LogP contribution in [0, 0.1) is 5.82 Å². The monoisotopic (exact) mass is 341 g/mol. The van der Waals surface area contributed by atoms with E-state index in [0.29, 0.717) is 0 Å². The van der Waals surface area contributed by atoms with Crippen molar-refractivity contribution in [1.82, 2.24) is 5.32 Å². The van der Waals surface area contributed by atoms with Gasteiger partial charge in [0.1, 0.15) is 17.7 Å². The van der Waals surface area contributed by atoms with Gasteiger partial charge in [-0.2, -0.15) is 0 Å². The fraction of sp³-hybridized carbons (Fsp3) is 0.286. The fourth-order valence-corrected chi connectivity index (χ4v) is 4.08. The predicted molar refractivity (Wildman–Crippen MR) is 78.2 cm³/mol. The maximum Gasteiger partial charge on any atom is 0.136 e. The molecule has 0 bridgehead atoms. The first-order valence-corrected chi connectivity index (χ1v) is 7.72. The second-order valence-electron chi connectivity index (χ2n) is 4.50. The maximum atomic E-state index is 13.4. The van der Waals surface area contributed by atoms with Crippen molar-refractivity contribution in [2.75, 3.05) is 7.05 Å². The number of fused-ring (bicyclic) bond motifs is 1. The molecule has 1 aromatic carbocycles. The fourth-order valence-electron chi connectivity index (χ4n) is 2.41. The van der Waals surface area contributed by atoms with Crippen molar-refractivity contribution >= 4 is 27.3 Å². The Hall–Kier alpha value is -0.910. The standard InChI is InChI=1S/C14H13BrFNOS/c1-17-11-7-13(14-10(15)4-5-19-14)18-12-3-2-8(16)6-9(11)12/h2-6,11,13,17H,7H2,1H3. The lowest BCUT2D eigenvalue weighted by Gasteiger charge is -2.32. The van der Waals surface area contributed by atoms with Crippen LogP contribution in [0.15, 0.2) is 34.1 Å². The minimum absolute atomic E-state index is 0.00443. The zero-order chi connectivity index (χ0) is 13.4. The third kappa shape index (κ3) is 2.42. The van der Waals surface area contributed by atoms with Gasteiger partial charge in [-0.1, -0.05) is 0 Å². The molecule has 1 aliphatic rings. The van der Waals surface area contributed by atoms with Crippen molar-refractivity contribution in [2.24, 2.45) is 0 Å². The van der Waals surface area contributed by atoms with Crippen molar-refractivity contribution in [2.45, 2.75) is 18.6 Å². The first-order chi connectivity index (χ1) is 9.19. The van der Waals surface area contributed by atoms with Gasteiger partial charge in [-0.05, 0) is 52.6 Å². The van der Waals surface area contributed by atoms with Gasteiger partial charge in [-0.25, -0.2) is 4.39 Å². The zero-order valence-electron chi connectivity index (χ0n) is 10.3. The van der Waals surface area contributed by atoms with Gasteiger partial charge < -0.3 is 10.1 Å². The molecule has 2 atom stereocenters. The van der Waals surface area contributed by atoms with E-state index in [1.807, 2.05) is 18.5 Å². The van der Waals surface area contributed by atoms with E-state index in [4.69, 9.17) is 4.74 Å². The summed E-state index contributed by atoms with van der Waals surface area (Å²) in [7, 11) is 1.89. The third-order valence-electron chi connectivity index (χ3n) is 3.35. The summed E-state index contributed by atoms with van der Waals surface area (Å²) >= 11 is 5.22. The maximum absolute atomic E-state index is 13.4. The van der Waals surface area contributed by atoms with Gasteiger partial charge in [-0.3, -0.25) is 0 Å². The molecular formula is C14H13BrFNOS. The minimum atomic E-state index is -0.224. The molecule has 0 amide bonds. The molecule has 0 radical (unpaired) electrons. The minimum Gasteiger partial charge on any atom is -0.484 e. The summed E-state index contributed by atoms with van der Waals surface area (Å²) in [4.78, 5) is 1.18. The van der Waals surface area contributed by atoms with E-state index in [9.17, 15) is 4.39 Å². The molecule has 1 aliphatic heterocycles. The largest absolute Gasteiger partial charge is 0.484 e. The van der Waals surface area contributed by atoms with Crippen LogP contribution in [0.5, 0.6) is 5.75 Å². The molecule has 0 saturated heterocycles. The highest BCUT2D eigenvalue weighted by atomic mass is 79.9. The first-order valence-electron chi connectivity index (χ1n) is 6.05. The average molecular weight is 342 g/mol. The van der Waals surface area contributed by atoms with Crippen molar-refractivity contribution < 1.29 is 9.13 Å². The van der Waals surface area contributed by atoms with Crippen molar-refractivity contribution in [3.63, 3.8) is 0 Å². The van der Waals surface area contributed by atoms with Crippen molar-refractivity contribution in [3.05, 3.63) is 50.4 Å². The second kappa shape index (κ2) is 5.23. The highest BCUT2D eigenvalue weighted by Crippen LogP contribution is 2.44. The second-order valence-corrected chi connectivity index (χ2v) is 6.30. The molecule has 2 aromatic rings. The van der Waals surface area contributed by atoms with Crippen LogP contribution in [0.4, 0.5) is 4.39 Å². The number of benzene rings is 1. The van der Waals surface area contributed by atoms with Crippen LogP contribution in [0.1, 0.15) is 29.0 Å². The SMILES string of the molecule is CNC1CC(c2sccc2Br)Oc2ccc(F)cc21. The van der Waals surface area contributed by atoms with E-state index in [0.717, 1.165) is 22.2 Å². The van der Waals surface area contributed by atoms with Crippen LogP contribution in [0.2, 0.25) is 0 Å². The Morgan fingerprint density at radius 3 is 2.95 bits per heavy atom. The van der Waals surface area contributed by atoms with E-state index in [1.165, 1.54) is 10.9 Å². The molecule has 0 saturated carbocycles. The molecule has 1 N–H and O–H groups in total. The smallest absolute Gasteiger partial charge is 0.136 e. The number of rotatable bonds is 2. The van der Waals surface area contributed by atoms with Gasteiger partial charge in [0.2, 0.25) is 0 Å². The Balaban J connectivity index is 1.98. The lowest BCUT2D eigenvalue weighted by molar-refractivity contribution is 0.156. The molecule has 2 unspecified atom stereocenters. The predicted octanol–water partition coefficient (Wildman–Crippen LogP) is 4.43. The summed E-state index contributed by atoms with van der Waals surface area (Å²) < 4.78 is 20.4. The Morgan fingerprint density at radius 2 is 2.26 bits per heavy atom. The molecule has 1 aromatic heterocycles. The number of nitrogens with one attached hydrogen (secondary N) is 1. The molecule has 3 rings (SSSR count). The van der Waals surface area contributed by atoms with Crippen LogP contribution < -0.4 is 10.1 Å². The van der Waals surface area contributed by atoms with Crippen LogP contribution in [-0.2, 0) is 0 Å². The van der Waals surface area contributed by atoms with Crippen LogP contribution >= 0.6 is 27.3 Å². The lowest BCUT2D eigenvalue weighted by Crippen LogP contribution is -2.26. The molecule has 5 heteroatoms. The molecular weight excluding hydrogens is 329 g/mol. The van der Waals surface area contributed by atoms with E-state index in [2.05, 4.69) is 21.2 Å². The van der Waals surface area contributed by atoms with Gasteiger partial charge in [0, 0.05) is 22.5 Å². The van der Waals surface area contributed by atoms with E-state index in [-0.39, 0.29) is 18.0 Å². The van der Waals surface area contributed by atoms with Gasteiger partial charge in [0.05, 0.1) is 4.88 Å². The van der Waals surface area contributed by atoms with Crippen LogP contribution in [-0.4, -0.2) is 7.05 Å². The summed E-state index contributed by atoms with van der Waals surface area (Å²) in [5.41, 5.74) is 0.895. The zero-order valence-corrected chi connectivity index (χ0v) is 12.7. The summed E-state index contributed by atoms with van der Waals surface area (Å²) in [6, 6.07) is 6.84. The van der Waals surface area contributed by atoms with Gasteiger partial charge >= 0.3 is 0 Å². The van der Waals surface area contributed by atoms with Crippen molar-refractivity contribution in [1.29, 1.82) is 0 Å². The van der Waals surface area contributed by atoms with E-state index < -0.39 is 0 Å². The number of thiophene rings is 1. The van der Waals surface area contributed by atoms with Gasteiger partial charge in [0.15, 0.2) is 0 Å². The Bertz CT molecular complexity index is 601. The number of ether oxygens (including phenoxy) is 1. The topological polar surface area (TPSA) is 21.3 Å². The molecule has 2 nitrogen and oxygen atoms in total. The first kappa shape index (κ1) is 13.1. The molecule has 100 valence electrons. The van der Waals surface area contributed by atoms with Crippen LogP contribution in [0.3, 0.4) is 0 Å². The molecule has 2 heterocycles. The summed E-state index contributed by atoms with van der Waals surface area (Å²) in [5, 5.41) is 5.28. The van der Waals surface area contributed by atoms with Gasteiger partial charge in [-0.15, -0.1) is 11.3 Å². The lowest BCUT2D eigenvalue weighted by atomic mass is 9.96. The third-order valence-corrected chi connectivity index (χ3v) is 5.31. The van der Waals surface area contributed by atoms with E-state index in [1.54, 1.807) is 23.5 Å². The number of halogens is 2. The normalized spacial score (nSPS) is 21.8. The summed E-state index contributed by atoms with van der Waals surface area (Å²) in [6.45, 7) is 0. The molecule has 0 spiro atoms. The number of hydrogen-bond donors (Lipinski definition) is 1. The average Bonchev–Trinajstić information content (AvgIpc) is 2.84. The highest BCUT2D eigenvalue weighted by molar-refractivity contribution is 9.10. The van der Waals surface area contributed by atoms with Crippen molar-refractivity contribution in [3.8, 4) is 5.75 Å². The summed E-state index contributed by atoms with van der Waals surface area (Å²) in [6.07, 6.45) is 0.802.